The van der Waals surface area contributed by atoms with E-state index < -0.39 is 9.84 Å². The summed E-state index contributed by atoms with van der Waals surface area (Å²) < 4.78 is 28.5. The van der Waals surface area contributed by atoms with Crippen LogP contribution in [-0.2, 0) is 14.6 Å². The first kappa shape index (κ1) is 22.4. The van der Waals surface area contributed by atoms with Crippen LogP contribution in [0.15, 0.2) is 29.2 Å². The molecule has 8 nitrogen and oxygen atoms in total. The molecule has 2 aliphatic rings. The van der Waals surface area contributed by atoms with Gasteiger partial charge in [0.2, 0.25) is 5.91 Å². The number of sulfone groups is 1. The number of hydrogen-bond donors (Lipinski definition) is 1. The highest BCUT2D eigenvalue weighted by Gasteiger charge is 2.35. The van der Waals surface area contributed by atoms with E-state index in [2.05, 4.69) is 5.32 Å². The van der Waals surface area contributed by atoms with E-state index in [-0.39, 0.29) is 28.8 Å². The lowest BCUT2D eigenvalue weighted by atomic mass is 10.0. The van der Waals surface area contributed by atoms with Gasteiger partial charge in [-0.3, -0.25) is 4.79 Å². The SMILES string of the molecule is CN(CCCOc1ccc(S(C)(=O)=O)cc1)C(=O)NC1CCN(C(=O)C2CC2)CC1. The van der Waals surface area contributed by atoms with Gasteiger partial charge < -0.3 is 19.9 Å². The van der Waals surface area contributed by atoms with Crippen LogP contribution in [0.5, 0.6) is 5.75 Å². The van der Waals surface area contributed by atoms with Crippen LogP contribution in [0.1, 0.15) is 32.1 Å². The summed E-state index contributed by atoms with van der Waals surface area (Å²) in [6.45, 7) is 2.41. The number of rotatable bonds is 8. The molecule has 0 aromatic heterocycles. The van der Waals surface area contributed by atoms with Crippen LogP contribution >= 0.6 is 0 Å². The summed E-state index contributed by atoms with van der Waals surface area (Å²) in [6.07, 6.45) is 5.47. The van der Waals surface area contributed by atoms with Crippen molar-refractivity contribution in [2.45, 2.75) is 43.0 Å². The standard InChI is InChI=1S/C21H31N3O5S/c1-23(12-3-15-29-18-6-8-19(9-7-18)30(2,27)28)21(26)22-17-10-13-24(14-11-17)20(25)16-4-5-16/h6-9,16-17H,3-5,10-15H2,1-2H3,(H,22,26). The normalized spacial score (nSPS) is 17.5. The summed E-state index contributed by atoms with van der Waals surface area (Å²) in [5.41, 5.74) is 0. The van der Waals surface area contributed by atoms with Gasteiger partial charge in [0, 0.05) is 44.9 Å². The number of hydrogen-bond acceptors (Lipinski definition) is 5. The summed E-state index contributed by atoms with van der Waals surface area (Å²) in [5, 5.41) is 3.05. The van der Waals surface area contributed by atoms with Crippen LogP contribution in [0.2, 0.25) is 0 Å². The van der Waals surface area contributed by atoms with Crippen LogP contribution in [0.25, 0.3) is 0 Å². The van der Waals surface area contributed by atoms with Gasteiger partial charge in [0.05, 0.1) is 11.5 Å². The molecular formula is C21H31N3O5S. The zero-order valence-electron chi connectivity index (χ0n) is 17.7. The number of nitrogens with zero attached hydrogens (tertiary/aromatic N) is 2. The van der Waals surface area contributed by atoms with Crippen molar-refractivity contribution < 1.29 is 22.7 Å². The van der Waals surface area contributed by atoms with E-state index in [1.54, 1.807) is 24.1 Å². The monoisotopic (exact) mass is 437 g/mol. The Bertz CT molecular complexity index is 844. The lowest BCUT2D eigenvalue weighted by Crippen LogP contribution is -2.49. The van der Waals surface area contributed by atoms with Crippen molar-refractivity contribution in [2.24, 2.45) is 5.92 Å². The van der Waals surface area contributed by atoms with Crippen LogP contribution in [0.4, 0.5) is 4.79 Å². The molecule has 2 fully saturated rings. The third-order valence-corrected chi connectivity index (χ3v) is 6.69. The lowest BCUT2D eigenvalue weighted by molar-refractivity contribution is -0.133. The van der Waals surface area contributed by atoms with E-state index in [1.807, 2.05) is 4.90 Å². The highest BCUT2D eigenvalue weighted by molar-refractivity contribution is 7.90. The predicted octanol–water partition coefficient (Wildman–Crippen LogP) is 1.90. The Labute approximate surface area is 178 Å². The van der Waals surface area contributed by atoms with Gasteiger partial charge in [-0.25, -0.2) is 13.2 Å². The minimum absolute atomic E-state index is 0.104. The smallest absolute Gasteiger partial charge is 0.317 e. The second-order valence-electron chi connectivity index (χ2n) is 8.19. The Balaban J connectivity index is 1.31. The number of likely N-dealkylation sites (tertiary alicyclic amines) is 1. The molecule has 1 aromatic carbocycles. The molecule has 1 heterocycles. The molecule has 3 rings (SSSR count). The molecule has 0 spiro atoms. The topological polar surface area (TPSA) is 96.0 Å². The Morgan fingerprint density at radius 1 is 1.13 bits per heavy atom. The predicted molar refractivity (Wildman–Crippen MR) is 113 cm³/mol. The molecule has 1 saturated heterocycles. The molecule has 0 atom stereocenters. The third kappa shape index (κ3) is 6.35. The van der Waals surface area contributed by atoms with E-state index in [1.165, 1.54) is 18.4 Å². The van der Waals surface area contributed by atoms with Gasteiger partial charge in [-0.1, -0.05) is 0 Å². The number of benzene rings is 1. The van der Waals surface area contributed by atoms with Gasteiger partial charge in [-0.2, -0.15) is 0 Å². The van der Waals surface area contributed by atoms with Crippen molar-refractivity contribution in [1.82, 2.24) is 15.1 Å². The Hall–Kier alpha value is -2.29. The molecule has 1 aliphatic carbocycles. The fourth-order valence-electron chi connectivity index (χ4n) is 3.49. The Morgan fingerprint density at radius 2 is 1.77 bits per heavy atom. The first-order valence-electron chi connectivity index (χ1n) is 10.5. The van der Waals surface area contributed by atoms with Gasteiger partial charge in [0.1, 0.15) is 5.75 Å². The van der Waals surface area contributed by atoms with Gasteiger partial charge in [0.25, 0.3) is 0 Å². The Morgan fingerprint density at radius 3 is 2.33 bits per heavy atom. The molecule has 0 radical (unpaired) electrons. The van der Waals surface area contributed by atoms with Gasteiger partial charge >= 0.3 is 6.03 Å². The first-order valence-corrected chi connectivity index (χ1v) is 12.4. The third-order valence-electron chi connectivity index (χ3n) is 5.57. The van der Waals surface area contributed by atoms with Crippen LogP contribution in [0, 0.1) is 5.92 Å². The number of piperidine rings is 1. The van der Waals surface area contributed by atoms with Crippen molar-refractivity contribution in [3.05, 3.63) is 24.3 Å². The number of carbonyl (C=O) groups is 2. The number of ether oxygens (including phenoxy) is 1. The second-order valence-corrected chi connectivity index (χ2v) is 10.2. The molecule has 3 amide bonds. The number of urea groups is 1. The zero-order valence-corrected chi connectivity index (χ0v) is 18.5. The summed E-state index contributed by atoms with van der Waals surface area (Å²) in [6, 6.07) is 6.30. The summed E-state index contributed by atoms with van der Waals surface area (Å²) >= 11 is 0. The highest BCUT2D eigenvalue weighted by atomic mass is 32.2. The second kappa shape index (κ2) is 9.68. The van der Waals surface area contributed by atoms with Crippen molar-refractivity contribution in [2.75, 3.05) is 39.5 Å². The summed E-state index contributed by atoms with van der Waals surface area (Å²) in [5.74, 6) is 1.13. The fourth-order valence-corrected chi connectivity index (χ4v) is 4.12. The Kier molecular flexibility index (Phi) is 7.23. The molecule has 1 aliphatic heterocycles. The van der Waals surface area contributed by atoms with Gasteiger partial charge in [-0.15, -0.1) is 0 Å². The van der Waals surface area contributed by atoms with Crippen molar-refractivity contribution in [3.63, 3.8) is 0 Å². The fraction of sp³-hybridized carbons (Fsp3) is 0.619. The van der Waals surface area contributed by atoms with E-state index in [0.717, 1.165) is 38.8 Å². The molecule has 166 valence electrons. The summed E-state index contributed by atoms with van der Waals surface area (Å²) in [7, 11) is -1.46. The largest absolute Gasteiger partial charge is 0.494 e. The van der Waals surface area contributed by atoms with E-state index in [9.17, 15) is 18.0 Å². The lowest BCUT2D eigenvalue weighted by Gasteiger charge is -2.33. The average molecular weight is 438 g/mol. The minimum atomic E-state index is -3.21. The summed E-state index contributed by atoms with van der Waals surface area (Å²) in [4.78, 5) is 28.3. The molecular weight excluding hydrogens is 406 g/mol. The van der Waals surface area contributed by atoms with E-state index in [0.29, 0.717) is 25.3 Å². The maximum absolute atomic E-state index is 12.4. The number of carbonyl (C=O) groups excluding carboxylic acids is 2. The number of nitrogens with one attached hydrogen (secondary N) is 1. The number of amides is 3. The van der Waals surface area contributed by atoms with Gasteiger partial charge in [-0.05, 0) is 56.4 Å². The molecule has 1 N–H and O–H groups in total. The minimum Gasteiger partial charge on any atom is -0.494 e. The van der Waals surface area contributed by atoms with Crippen LogP contribution in [0.3, 0.4) is 0 Å². The van der Waals surface area contributed by atoms with Gasteiger partial charge in [0.15, 0.2) is 9.84 Å². The molecule has 0 bridgehead atoms. The first-order chi connectivity index (χ1) is 14.2. The van der Waals surface area contributed by atoms with E-state index in [4.69, 9.17) is 4.74 Å². The zero-order chi connectivity index (χ0) is 21.7. The molecule has 0 unspecified atom stereocenters. The molecule has 30 heavy (non-hydrogen) atoms. The highest BCUT2D eigenvalue weighted by Crippen LogP contribution is 2.31. The van der Waals surface area contributed by atoms with Crippen molar-refractivity contribution in [3.8, 4) is 5.75 Å². The molecule has 9 heteroatoms. The molecule has 1 aromatic rings. The van der Waals surface area contributed by atoms with Crippen molar-refractivity contribution in [1.29, 1.82) is 0 Å². The molecule has 1 saturated carbocycles. The average Bonchev–Trinajstić information content (AvgIpc) is 3.56. The maximum Gasteiger partial charge on any atom is 0.317 e. The maximum atomic E-state index is 12.4. The van der Waals surface area contributed by atoms with Crippen LogP contribution < -0.4 is 10.1 Å². The van der Waals surface area contributed by atoms with E-state index >= 15 is 0 Å². The quantitative estimate of drug-likeness (QED) is 0.627. The van der Waals surface area contributed by atoms with Crippen molar-refractivity contribution >= 4 is 21.8 Å². The van der Waals surface area contributed by atoms with Crippen LogP contribution in [-0.4, -0.2) is 75.7 Å².